The van der Waals surface area contributed by atoms with E-state index in [0.717, 1.165) is 18.5 Å². The van der Waals surface area contributed by atoms with Crippen LogP contribution >= 0.6 is 0 Å². The molecular weight excluding hydrogens is 316 g/mol. The van der Waals surface area contributed by atoms with Crippen molar-refractivity contribution in [2.24, 2.45) is 12.5 Å². The maximum Gasteiger partial charge on any atom is 0.261 e. The van der Waals surface area contributed by atoms with Gasteiger partial charge in [0.15, 0.2) is 0 Å². The van der Waals surface area contributed by atoms with Gasteiger partial charge in [0.25, 0.3) is 5.91 Å². The third kappa shape index (κ3) is 4.71. The van der Waals surface area contributed by atoms with Crippen LogP contribution in [0.1, 0.15) is 50.1 Å². The van der Waals surface area contributed by atoms with Crippen LogP contribution in [0.15, 0.2) is 11.6 Å². The predicted molar refractivity (Wildman–Crippen MR) is 96.2 cm³/mol. The zero-order chi connectivity index (χ0) is 19.0. The molecule has 134 valence electrons. The maximum atomic E-state index is 12.4. The van der Waals surface area contributed by atoms with E-state index in [2.05, 4.69) is 11.4 Å². The minimum Gasteiger partial charge on any atom is -0.396 e. The van der Waals surface area contributed by atoms with Crippen LogP contribution < -0.4 is 5.32 Å². The van der Waals surface area contributed by atoms with Crippen LogP contribution in [0.4, 0.5) is 0 Å². The fourth-order valence-corrected chi connectivity index (χ4v) is 2.82. The van der Waals surface area contributed by atoms with E-state index >= 15 is 0 Å². The molecule has 0 atom stereocenters. The summed E-state index contributed by atoms with van der Waals surface area (Å²) in [5.74, 6) is -0.437. The summed E-state index contributed by atoms with van der Waals surface area (Å²) in [7, 11) is 1.77. The molecule has 6 nitrogen and oxygen atoms in total. The van der Waals surface area contributed by atoms with Crippen LogP contribution in [0.25, 0.3) is 6.08 Å². The molecule has 0 aliphatic heterocycles. The maximum absolute atomic E-state index is 12.4. The van der Waals surface area contributed by atoms with Crippen molar-refractivity contribution in [1.82, 2.24) is 9.88 Å². The number of hydrogen-bond donors (Lipinski definition) is 2. The molecule has 0 fully saturated rings. The Balaban J connectivity index is 2.99. The van der Waals surface area contributed by atoms with E-state index in [1.807, 2.05) is 26.8 Å². The Kier molecular flexibility index (Phi) is 7.42. The number of hydrogen-bond acceptors (Lipinski definition) is 4. The van der Waals surface area contributed by atoms with E-state index in [4.69, 9.17) is 5.26 Å². The van der Waals surface area contributed by atoms with Crippen molar-refractivity contribution in [3.8, 4) is 12.1 Å². The second kappa shape index (κ2) is 9.05. The third-order valence-electron chi connectivity index (χ3n) is 5.12. The molecule has 0 bridgehead atoms. The van der Waals surface area contributed by atoms with E-state index in [-0.39, 0.29) is 17.6 Å². The first-order valence-corrected chi connectivity index (χ1v) is 8.45. The molecule has 2 N–H and O–H groups in total. The number of aliphatic hydroxyl groups is 1. The van der Waals surface area contributed by atoms with Crippen molar-refractivity contribution in [3.05, 3.63) is 28.6 Å². The lowest BCUT2D eigenvalue weighted by Crippen LogP contribution is -2.38. The molecule has 0 spiro atoms. The van der Waals surface area contributed by atoms with Gasteiger partial charge in [-0.25, -0.2) is 0 Å². The zero-order valence-corrected chi connectivity index (χ0v) is 15.4. The minimum atomic E-state index is -0.437. The summed E-state index contributed by atoms with van der Waals surface area (Å²) in [6.45, 7) is 6.38. The minimum absolute atomic E-state index is 0.00305. The molecule has 0 saturated carbocycles. The topological polar surface area (TPSA) is 102 Å². The van der Waals surface area contributed by atoms with Crippen LogP contribution in [0.5, 0.6) is 0 Å². The average molecular weight is 342 g/mol. The lowest BCUT2D eigenvalue weighted by Gasteiger charge is -2.31. The molecule has 0 aliphatic rings. The number of aliphatic hydroxyl groups excluding tert-OH is 1. The van der Waals surface area contributed by atoms with E-state index in [1.54, 1.807) is 17.7 Å². The highest BCUT2D eigenvalue weighted by Crippen LogP contribution is 2.29. The molecular formula is C19H26N4O2. The van der Waals surface area contributed by atoms with Gasteiger partial charge in [0.05, 0.1) is 0 Å². The highest BCUT2D eigenvalue weighted by Gasteiger charge is 2.26. The molecule has 1 amide bonds. The van der Waals surface area contributed by atoms with Gasteiger partial charge >= 0.3 is 0 Å². The lowest BCUT2D eigenvalue weighted by atomic mass is 9.79. The van der Waals surface area contributed by atoms with E-state index in [9.17, 15) is 15.2 Å². The second-order valence-corrected chi connectivity index (χ2v) is 6.27. The highest BCUT2D eigenvalue weighted by molar-refractivity contribution is 6.01. The Morgan fingerprint density at radius 1 is 1.40 bits per heavy atom. The fourth-order valence-electron chi connectivity index (χ4n) is 2.82. The van der Waals surface area contributed by atoms with Gasteiger partial charge in [-0.15, -0.1) is 0 Å². The van der Waals surface area contributed by atoms with E-state index in [1.165, 1.54) is 6.08 Å². The third-order valence-corrected chi connectivity index (χ3v) is 5.12. The summed E-state index contributed by atoms with van der Waals surface area (Å²) in [5.41, 5.74) is 1.80. The van der Waals surface area contributed by atoms with Gasteiger partial charge < -0.3 is 15.0 Å². The zero-order valence-electron chi connectivity index (χ0n) is 15.4. The van der Waals surface area contributed by atoms with Gasteiger partial charge in [-0.3, -0.25) is 4.79 Å². The van der Waals surface area contributed by atoms with E-state index in [0.29, 0.717) is 24.2 Å². The second-order valence-electron chi connectivity index (χ2n) is 6.27. The van der Waals surface area contributed by atoms with Gasteiger partial charge in [-0.05, 0) is 49.3 Å². The molecule has 1 heterocycles. The molecule has 6 heteroatoms. The number of carbonyl (C=O) groups is 1. The normalized spacial score (nSPS) is 11.7. The van der Waals surface area contributed by atoms with Gasteiger partial charge in [0, 0.05) is 25.9 Å². The summed E-state index contributed by atoms with van der Waals surface area (Å²) < 4.78 is 1.72. The van der Waals surface area contributed by atoms with Crippen LogP contribution in [-0.4, -0.2) is 28.7 Å². The van der Waals surface area contributed by atoms with Gasteiger partial charge in [-0.1, -0.05) is 13.8 Å². The summed E-state index contributed by atoms with van der Waals surface area (Å²) >= 11 is 0. The van der Waals surface area contributed by atoms with Crippen LogP contribution in [0.3, 0.4) is 0 Å². The summed E-state index contributed by atoms with van der Waals surface area (Å²) in [4.78, 5) is 12.4. The Labute approximate surface area is 149 Å². The SMILES string of the molecule is CCC(CC)(CCO)CNC(=O)/C(C#N)=C/c1cc(C#N)n(C)c1C. The smallest absolute Gasteiger partial charge is 0.261 e. The van der Waals surface area contributed by atoms with Crippen molar-refractivity contribution in [2.45, 2.75) is 40.0 Å². The first-order chi connectivity index (χ1) is 11.9. The highest BCUT2D eigenvalue weighted by atomic mass is 16.3. The summed E-state index contributed by atoms with van der Waals surface area (Å²) in [6.07, 6.45) is 3.78. The number of carbonyl (C=O) groups excluding carboxylic acids is 1. The van der Waals surface area contributed by atoms with E-state index < -0.39 is 5.91 Å². The predicted octanol–water partition coefficient (Wildman–Crippen LogP) is 2.42. The van der Waals surface area contributed by atoms with Crippen molar-refractivity contribution in [3.63, 3.8) is 0 Å². The first kappa shape index (κ1) is 20.5. The lowest BCUT2D eigenvalue weighted by molar-refractivity contribution is -0.117. The monoisotopic (exact) mass is 342 g/mol. The number of aromatic nitrogens is 1. The summed E-state index contributed by atoms with van der Waals surface area (Å²) in [6, 6.07) is 5.67. The Morgan fingerprint density at radius 3 is 2.48 bits per heavy atom. The van der Waals surface area contributed by atoms with Crippen LogP contribution in [-0.2, 0) is 11.8 Å². The van der Waals surface area contributed by atoms with Crippen molar-refractivity contribution in [2.75, 3.05) is 13.2 Å². The number of nitriles is 2. The number of amides is 1. The Morgan fingerprint density at radius 2 is 2.04 bits per heavy atom. The van der Waals surface area contributed by atoms with Crippen molar-refractivity contribution >= 4 is 12.0 Å². The molecule has 0 saturated heterocycles. The number of nitrogens with one attached hydrogen (secondary N) is 1. The van der Waals surface area contributed by atoms with Gasteiger partial charge in [0.2, 0.25) is 0 Å². The Bertz CT molecular complexity index is 728. The van der Waals surface area contributed by atoms with Gasteiger partial charge in [0.1, 0.15) is 23.4 Å². The molecule has 0 radical (unpaired) electrons. The standard InChI is InChI=1S/C19H26N4O2/c1-5-19(6-2,7-8-24)13-22-18(25)16(11-20)9-15-10-17(12-21)23(4)14(15)3/h9-10,24H,5-8,13H2,1-4H3,(H,22,25)/b16-9+. The Hall–Kier alpha value is -2.57. The quantitative estimate of drug-likeness (QED) is 0.559. The van der Waals surface area contributed by atoms with Crippen molar-refractivity contribution < 1.29 is 9.90 Å². The number of rotatable bonds is 8. The molecule has 0 unspecified atom stereocenters. The first-order valence-electron chi connectivity index (χ1n) is 8.45. The molecule has 0 aromatic carbocycles. The van der Waals surface area contributed by atoms with Gasteiger partial charge in [-0.2, -0.15) is 10.5 Å². The average Bonchev–Trinajstić information content (AvgIpc) is 2.90. The molecule has 1 rings (SSSR count). The molecule has 25 heavy (non-hydrogen) atoms. The van der Waals surface area contributed by atoms with Crippen LogP contribution in [0, 0.1) is 35.0 Å². The summed E-state index contributed by atoms with van der Waals surface area (Å²) in [5, 5.41) is 30.5. The molecule has 1 aromatic rings. The fraction of sp³-hybridized carbons (Fsp3) is 0.526. The molecule has 0 aliphatic carbocycles. The van der Waals surface area contributed by atoms with Crippen molar-refractivity contribution in [1.29, 1.82) is 10.5 Å². The van der Waals surface area contributed by atoms with Crippen LogP contribution in [0.2, 0.25) is 0 Å². The molecule has 1 aromatic heterocycles. The number of nitrogens with zero attached hydrogens (tertiary/aromatic N) is 3. The largest absolute Gasteiger partial charge is 0.396 e.